The van der Waals surface area contributed by atoms with Crippen molar-refractivity contribution in [2.75, 3.05) is 48.1 Å². The van der Waals surface area contributed by atoms with E-state index in [2.05, 4.69) is 4.90 Å². The molecule has 0 N–H and O–H groups in total. The van der Waals surface area contributed by atoms with Gasteiger partial charge in [0.15, 0.2) is 23.7 Å². The summed E-state index contributed by atoms with van der Waals surface area (Å²) >= 11 is 0. The third-order valence-electron chi connectivity index (χ3n) is 6.59. The number of allylic oxidation sites excluding steroid dienone is 2. The van der Waals surface area contributed by atoms with Gasteiger partial charge in [0.25, 0.3) is 5.91 Å². The lowest BCUT2D eigenvalue weighted by Gasteiger charge is -2.40. The lowest BCUT2D eigenvalue weighted by molar-refractivity contribution is -0.137. The highest BCUT2D eigenvalue weighted by molar-refractivity contribution is 6.05. The summed E-state index contributed by atoms with van der Waals surface area (Å²) in [6.07, 6.45) is 0.195. The van der Waals surface area contributed by atoms with Gasteiger partial charge in [0, 0.05) is 32.1 Å². The Bertz CT molecular complexity index is 1020. The highest BCUT2D eigenvalue weighted by Crippen LogP contribution is 2.38. The van der Waals surface area contributed by atoms with Crippen LogP contribution in [0, 0.1) is 0 Å². The van der Waals surface area contributed by atoms with Crippen molar-refractivity contribution in [2.24, 2.45) is 4.99 Å². The highest BCUT2D eigenvalue weighted by Gasteiger charge is 2.55. The maximum Gasteiger partial charge on any atom is 0.328 e. The number of guanidine groups is 1. The Morgan fingerprint density at radius 3 is 2.36 bits per heavy atom. The summed E-state index contributed by atoms with van der Waals surface area (Å²) in [5.74, 6) is 1.84. The molecular weight excluding hydrogens is 426 g/mol. The van der Waals surface area contributed by atoms with Gasteiger partial charge in [-0.3, -0.25) is 14.6 Å². The highest BCUT2D eigenvalue weighted by atomic mass is 16.5. The van der Waals surface area contributed by atoms with E-state index in [-0.39, 0.29) is 18.5 Å². The van der Waals surface area contributed by atoms with E-state index in [9.17, 15) is 9.59 Å². The quantitative estimate of drug-likeness (QED) is 0.587. The lowest BCUT2D eigenvalue weighted by atomic mass is 10.1. The number of hydrogen-bond donors (Lipinski definition) is 0. The van der Waals surface area contributed by atoms with Gasteiger partial charge in [0.05, 0.1) is 27.4 Å². The van der Waals surface area contributed by atoms with Gasteiger partial charge in [-0.05, 0) is 38.0 Å². The molecule has 33 heavy (non-hydrogen) atoms. The predicted molar refractivity (Wildman–Crippen MR) is 122 cm³/mol. The first kappa shape index (κ1) is 22.9. The van der Waals surface area contributed by atoms with Crippen molar-refractivity contribution >= 4 is 17.9 Å². The molecule has 0 saturated carbocycles. The summed E-state index contributed by atoms with van der Waals surface area (Å²) < 4.78 is 15.8. The Morgan fingerprint density at radius 2 is 1.70 bits per heavy atom. The number of ether oxygens (including phenoxy) is 3. The number of carbonyl (C=O) groups excluding carboxylic acids is 2. The summed E-state index contributed by atoms with van der Waals surface area (Å²) in [7, 11) is 6.48. The van der Waals surface area contributed by atoms with E-state index in [1.54, 1.807) is 33.3 Å². The molecule has 0 spiro atoms. The van der Waals surface area contributed by atoms with Gasteiger partial charge < -0.3 is 24.0 Å². The summed E-state index contributed by atoms with van der Waals surface area (Å²) in [5.41, 5.74) is 3.11. The van der Waals surface area contributed by atoms with Crippen LogP contribution in [0.5, 0.6) is 11.5 Å². The molecule has 1 saturated heterocycles. The average molecular weight is 458 g/mol. The molecule has 0 aromatic heterocycles. The fourth-order valence-corrected chi connectivity index (χ4v) is 4.61. The fraction of sp³-hybridized carbons (Fsp3) is 0.522. The van der Waals surface area contributed by atoms with Crippen LogP contribution in [-0.2, 0) is 16.0 Å². The van der Waals surface area contributed by atoms with E-state index in [0.29, 0.717) is 30.6 Å². The van der Waals surface area contributed by atoms with Gasteiger partial charge in [-0.25, -0.2) is 9.79 Å². The maximum absolute atomic E-state index is 13.3. The molecule has 0 radical (unpaired) electrons. The van der Waals surface area contributed by atoms with Crippen LogP contribution in [0.3, 0.4) is 0 Å². The fourth-order valence-electron chi connectivity index (χ4n) is 4.61. The molecule has 0 aliphatic carbocycles. The Morgan fingerprint density at radius 1 is 0.970 bits per heavy atom. The number of hydrogen-bond acceptors (Lipinski definition) is 8. The number of carbonyl (C=O) groups is 2. The minimum absolute atomic E-state index is 0.218. The monoisotopic (exact) mass is 457 g/mol. The van der Waals surface area contributed by atoms with Crippen LogP contribution in [0.1, 0.15) is 19.4 Å². The Labute approximate surface area is 194 Å². The van der Waals surface area contributed by atoms with Crippen LogP contribution in [-0.4, -0.2) is 97.8 Å². The second-order valence-electron chi connectivity index (χ2n) is 8.30. The summed E-state index contributed by atoms with van der Waals surface area (Å²) in [6.45, 7) is 5.21. The van der Waals surface area contributed by atoms with Crippen LogP contribution in [0.4, 0.5) is 4.79 Å². The molecule has 3 aliphatic rings. The van der Waals surface area contributed by atoms with E-state index in [4.69, 9.17) is 19.2 Å². The lowest BCUT2D eigenvalue weighted by Crippen LogP contribution is -2.65. The smallest absolute Gasteiger partial charge is 0.328 e. The first-order chi connectivity index (χ1) is 15.8. The Balaban J connectivity index is 1.57. The minimum Gasteiger partial charge on any atom is -0.493 e. The number of imide groups is 1. The van der Waals surface area contributed by atoms with E-state index in [1.807, 2.05) is 36.9 Å². The summed E-state index contributed by atoms with van der Waals surface area (Å²) in [6, 6.07) is 4.97. The number of benzene rings is 1. The summed E-state index contributed by atoms with van der Waals surface area (Å²) in [5, 5.41) is 0. The molecule has 178 valence electrons. The van der Waals surface area contributed by atoms with Crippen molar-refractivity contribution < 1.29 is 23.8 Å². The van der Waals surface area contributed by atoms with Gasteiger partial charge in [-0.2, -0.15) is 0 Å². The van der Waals surface area contributed by atoms with Gasteiger partial charge in [0.2, 0.25) is 5.96 Å². The first-order valence-corrected chi connectivity index (χ1v) is 10.9. The maximum atomic E-state index is 13.3. The SMILES string of the molecule is COCCN1C(=O)C2C(N=C3N(CCc4ccc(OC)c(OC)c4)C(C)=C(C)N32)N(C)C1=O. The third-order valence-corrected chi connectivity index (χ3v) is 6.59. The number of likely N-dealkylation sites (N-methyl/N-ethyl adjacent to an activating group) is 1. The molecule has 10 heteroatoms. The van der Waals surface area contributed by atoms with Crippen molar-refractivity contribution in [1.29, 1.82) is 0 Å². The zero-order chi connectivity index (χ0) is 23.9. The van der Waals surface area contributed by atoms with Crippen molar-refractivity contribution in [2.45, 2.75) is 32.5 Å². The van der Waals surface area contributed by atoms with Crippen molar-refractivity contribution in [1.82, 2.24) is 19.6 Å². The molecule has 2 unspecified atom stereocenters. The largest absolute Gasteiger partial charge is 0.493 e. The third kappa shape index (κ3) is 3.68. The van der Waals surface area contributed by atoms with Crippen molar-refractivity contribution in [3.8, 4) is 11.5 Å². The summed E-state index contributed by atoms with van der Waals surface area (Å²) in [4.78, 5) is 37.8. The average Bonchev–Trinajstić information content (AvgIpc) is 3.32. The topological polar surface area (TPSA) is 87.2 Å². The number of aliphatic imine (C=N–C) groups is 1. The molecule has 10 nitrogen and oxygen atoms in total. The number of fused-ring (bicyclic) bond motifs is 3. The molecule has 2 atom stereocenters. The van der Waals surface area contributed by atoms with E-state index >= 15 is 0 Å². The van der Waals surface area contributed by atoms with Gasteiger partial charge >= 0.3 is 6.03 Å². The van der Waals surface area contributed by atoms with Gasteiger partial charge in [0.1, 0.15) is 0 Å². The number of urea groups is 1. The zero-order valence-corrected chi connectivity index (χ0v) is 20.0. The standard InChI is InChI=1S/C23H31N5O5/c1-14-15(2)28-19-20(25(3)23(30)27(21(19)29)11-12-31-4)24-22(28)26(14)10-9-16-7-8-17(32-5)18(13-16)33-6/h7-8,13,19-20H,9-12H2,1-6H3. The van der Waals surface area contributed by atoms with Crippen LogP contribution in [0.15, 0.2) is 34.6 Å². The van der Waals surface area contributed by atoms with Gasteiger partial charge in [-0.15, -0.1) is 0 Å². The van der Waals surface area contributed by atoms with E-state index in [0.717, 1.165) is 23.4 Å². The second kappa shape index (κ2) is 8.93. The first-order valence-electron chi connectivity index (χ1n) is 10.9. The minimum atomic E-state index is -0.569. The van der Waals surface area contributed by atoms with Crippen LogP contribution in [0.25, 0.3) is 0 Å². The molecule has 0 bridgehead atoms. The van der Waals surface area contributed by atoms with Gasteiger partial charge in [-0.1, -0.05) is 6.07 Å². The van der Waals surface area contributed by atoms with E-state index < -0.39 is 12.2 Å². The Hall–Kier alpha value is -3.27. The molecule has 3 amide bonds. The predicted octanol–water partition coefficient (Wildman–Crippen LogP) is 1.72. The molecule has 4 rings (SSSR count). The van der Waals surface area contributed by atoms with Crippen LogP contribution < -0.4 is 9.47 Å². The molecular formula is C23H31N5O5. The zero-order valence-electron chi connectivity index (χ0n) is 20.0. The van der Waals surface area contributed by atoms with Crippen molar-refractivity contribution in [3.63, 3.8) is 0 Å². The Kier molecular flexibility index (Phi) is 6.20. The normalized spacial score (nSPS) is 22.2. The van der Waals surface area contributed by atoms with Crippen LogP contribution >= 0.6 is 0 Å². The van der Waals surface area contributed by atoms with Crippen molar-refractivity contribution in [3.05, 3.63) is 35.2 Å². The molecule has 1 aromatic rings. The van der Waals surface area contributed by atoms with Crippen LogP contribution in [0.2, 0.25) is 0 Å². The number of nitrogens with zero attached hydrogens (tertiary/aromatic N) is 5. The molecule has 3 aliphatic heterocycles. The molecule has 3 heterocycles. The number of methoxy groups -OCH3 is 3. The van der Waals surface area contributed by atoms with E-state index in [1.165, 1.54) is 4.90 Å². The number of amides is 3. The molecule has 1 aromatic carbocycles. The molecule has 1 fully saturated rings. The number of rotatable bonds is 8. The second-order valence-corrected chi connectivity index (χ2v) is 8.30.